The molecular weight excluding hydrogens is 184 g/mol. The molecule has 3 rings (SSSR count). The lowest BCUT2D eigenvalue weighted by atomic mass is 10.1. The van der Waals surface area contributed by atoms with Gasteiger partial charge >= 0.3 is 0 Å². The first-order chi connectivity index (χ1) is 7.34. The molecule has 0 bridgehead atoms. The first-order valence-electron chi connectivity index (χ1n) is 5.03. The van der Waals surface area contributed by atoms with Gasteiger partial charge in [0.15, 0.2) is 0 Å². The van der Waals surface area contributed by atoms with Crippen molar-refractivity contribution in [1.82, 2.24) is 8.97 Å². The number of imidazole rings is 1. The first-order valence-corrected chi connectivity index (χ1v) is 5.03. The minimum Gasteiger partial charge on any atom is -0.336 e. The first kappa shape index (κ1) is 8.36. The van der Waals surface area contributed by atoms with E-state index < -0.39 is 0 Å². The minimum atomic E-state index is 1.22. The van der Waals surface area contributed by atoms with Crippen LogP contribution in [0.15, 0.2) is 55.0 Å². The Hall–Kier alpha value is -1.96. The highest BCUT2D eigenvalue weighted by Gasteiger charge is 2.03. The molecule has 2 heteroatoms. The normalized spacial score (nSPS) is 11.0. The molecule has 0 unspecified atom stereocenters. The molecule has 0 saturated carbocycles. The maximum absolute atomic E-state index is 2.20. The number of fused-ring (bicyclic) bond motifs is 1. The molecule has 0 aliphatic rings. The Bertz CT molecular complexity index is 587. The zero-order chi connectivity index (χ0) is 10.3. The second-order valence-corrected chi connectivity index (χ2v) is 3.77. The Morgan fingerprint density at radius 3 is 2.47 bits per heavy atom. The van der Waals surface area contributed by atoms with Gasteiger partial charge in [-0.05, 0) is 11.6 Å². The molecule has 1 aromatic carbocycles. The van der Waals surface area contributed by atoms with Crippen molar-refractivity contribution in [2.75, 3.05) is 0 Å². The van der Waals surface area contributed by atoms with Gasteiger partial charge < -0.3 is 8.97 Å². The van der Waals surface area contributed by atoms with Gasteiger partial charge in [-0.25, -0.2) is 0 Å². The number of hydrogen-bond donors (Lipinski definition) is 0. The number of hydrogen-bond acceptors (Lipinski definition) is 0. The monoisotopic (exact) mass is 196 g/mol. The van der Waals surface area contributed by atoms with E-state index in [2.05, 4.69) is 64.9 Å². The quantitative estimate of drug-likeness (QED) is 0.566. The van der Waals surface area contributed by atoms with Crippen LogP contribution in [0.4, 0.5) is 0 Å². The maximum Gasteiger partial charge on any atom is 0.117 e. The van der Waals surface area contributed by atoms with E-state index in [1.165, 1.54) is 16.8 Å². The summed E-state index contributed by atoms with van der Waals surface area (Å²) in [5.74, 6) is 0. The SMILES string of the molecule is Cn1ccn2cc(-c3ccccc3)cc12. The molecule has 2 heterocycles. The van der Waals surface area contributed by atoms with Crippen molar-refractivity contribution in [3.63, 3.8) is 0 Å². The van der Waals surface area contributed by atoms with Gasteiger partial charge in [-0.1, -0.05) is 30.3 Å². The number of aromatic nitrogens is 2. The smallest absolute Gasteiger partial charge is 0.117 e. The molecule has 0 N–H and O–H groups in total. The number of rotatable bonds is 1. The van der Waals surface area contributed by atoms with Crippen LogP contribution in [0.1, 0.15) is 0 Å². The fourth-order valence-electron chi connectivity index (χ4n) is 1.91. The van der Waals surface area contributed by atoms with E-state index in [4.69, 9.17) is 0 Å². The lowest BCUT2D eigenvalue weighted by molar-refractivity contribution is 0.959. The standard InChI is InChI=1S/C13H12N2/c1-14-7-8-15-10-12(9-13(14)15)11-5-3-2-4-6-11/h2-10H,1H3. The summed E-state index contributed by atoms with van der Waals surface area (Å²) >= 11 is 0. The summed E-state index contributed by atoms with van der Waals surface area (Å²) in [6.07, 6.45) is 6.29. The molecule has 0 spiro atoms. The van der Waals surface area contributed by atoms with Crippen LogP contribution < -0.4 is 0 Å². The molecule has 0 atom stereocenters. The Labute approximate surface area is 88.4 Å². The van der Waals surface area contributed by atoms with Gasteiger partial charge in [0.05, 0.1) is 0 Å². The summed E-state index contributed by atoms with van der Waals surface area (Å²) in [5, 5.41) is 0. The maximum atomic E-state index is 2.20. The second kappa shape index (κ2) is 3.02. The van der Waals surface area contributed by atoms with Gasteiger partial charge in [0, 0.05) is 31.2 Å². The van der Waals surface area contributed by atoms with Crippen molar-refractivity contribution in [3.05, 3.63) is 55.0 Å². The molecule has 0 aliphatic heterocycles. The van der Waals surface area contributed by atoms with Crippen molar-refractivity contribution in [2.24, 2.45) is 7.05 Å². The lowest BCUT2D eigenvalue weighted by Crippen LogP contribution is -1.82. The average Bonchev–Trinajstić information content (AvgIpc) is 2.83. The third-order valence-electron chi connectivity index (χ3n) is 2.75. The molecule has 2 aromatic heterocycles. The van der Waals surface area contributed by atoms with Crippen LogP contribution in [0.2, 0.25) is 0 Å². The van der Waals surface area contributed by atoms with Crippen molar-refractivity contribution in [3.8, 4) is 11.1 Å². The summed E-state index contributed by atoms with van der Waals surface area (Å²) in [7, 11) is 2.06. The summed E-state index contributed by atoms with van der Waals surface area (Å²) in [6.45, 7) is 0. The molecule has 2 nitrogen and oxygen atoms in total. The van der Waals surface area contributed by atoms with Crippen molar-refractivity contribution in [1.29, 1.82) is 0 Å². The number of aryl methyl sites for hydroxylation is 1. The van der Waals surface area contributed by atoms with Crippen molar-refractivity contribution in [2.45, 2.75) is 0 Å². The summed E-state index contributed by atoms with van der Waals surface area (Å²) in [5.41, 5.74) is 3.75. The van der Waals surface area contributed by atoms with Gasteiger partial charge in [0.1, 0.15) is 5.65 Å². The van der Waals surface area contributed by atoms with Crippen molar-refractivity contribution < 1.29 is 0 Å². The Kier molecular flexibility index (Phi) is 1.68. The van der Waals surface area contributed by atoms with Crippen LogP contribution in [-0.2, 0) is 7.05 Å². The lowest BCUT2D eigenvalue weighted by Gasteiger charge is -1.94. The molecule has 3 aromatic rings. The molecular formula is C13H12N2. The Morgan fingerprint density at radius 2 is 1.73 bits per heavy atom. The van der Waals surface area contributed by atoms with E-state index >= 15 is 0 Å². The zero-order valence-corrected chi connectivity index (χ0v) is 8.59. The van der Waals surface area contributed by atoms with E-state index in [0.717, 1.165) is 0 Å². The van der Waals surface area contributed by atoms with Crippen LogP contribution >= 0.6 is 0 Å². The van der Waals surface area contributed by atoms with Gasteiger partial charge in [-0.3, -0.25) is 0 Å². The third-order valence-corrected chi connectivity index (χ3v) is 2.75. The van der Waals surface area contributed by atoms with E-state index in [-0.39, 0.29) is 0 Å². The third kappa shape index (κ3) is 1.26. The van der Waals surface area contributed by atoms with Crippen LogP contribution in [0.3, 0.4) is 0 Å². The molecule has 0 amide bonds. The van der Waals surface area contributed by atoms with Gasteiger partial charge in [0.2, 0.25) is 0 Å². The molecule has 0 aliphatic carbocycles. The number of benzene rings is 1. The van der Waals surface area contributed by atoms with Crippen LogP contribution in [0, 0.1) is 0 Å². The predicted molar refractivity (Wildman–Crippen MR) is 61.8 cm³/mol. The minimum absolute atomic E-state index is 1.22. The molecule has 15 heavy (non-hydrogen) atoms. The Morgan fingerprint density at radius 1 is 0.933 bits per heavy atom. The van der Waals surface area contributed by atoms with Crippen LogP contribution in [-0.4, -0.2) is 8.97 Å². The summed E-state index contributed by atoms with van der Waals surface area (Å²) in [4.78, 5) is 0. The average molecular weight is 196 g/mol. The fourth-order valence-corrected chi connectivity index (χ4v) is 1.91. The van der Waals surface area contributed by atoms with Gasteiger partial charge in [-0.2, -0.15) is 0 Å². The summed E-state index contributed by atoms with van der Waals surface area (Å²) in [6, 6.07) is 12.6. The molecule has 74 valence electrons. The largest absolute Gasteiger partial charge is 0.336 e. The van der Waals surface area contributed by atoms with Crippen LogP contribution in [0.5, 0.6) is 0 Å². The summed E-state index contributed by atoms with van der Waals surface area (Å²) < 4.78 is 4.26. The van der Waals surface area contributed by atoms with Gasteiger partial charge in [0.25, 0.3) is 0 Å². The topological polar surface area (TPSA) is 9.34 Å². The predicted octanol–water partition coefficient (Wildman–Crippen LogP) is 2.94. The highest BCUT2D eigenvalue weighted by Crippen LogP contribution is 2.22. The van der Waals surface area contributed by atoms with Crippen LogP contribution in [0.25, 0.3) is 16.8 Å². The molecule has 0 fully saturated rings. The molecule has 0 radical (unpaired) electrons. The highest BCUT2D eigenvalue weighted by atomic mass is 15.1. The van der Waals surface area contributed by atoms with E-state index in [1.54, 1.807) is 0 Å². The number of nitrogens with zero attached hydrogens (tertiary/aromatic N) is 2. The fraction of sp³-hybridized carbons (Fsp3) is 0.0769. The second-order valence-electron chi connectivity index (χ2n) is 3.77. The molecule has 0 saturated heterocycles. The van der Waals surface area contributed by atoms with Crippen molar-refractivity contribution >= 4 is 5.65 Å². The zero-order valence-electron chi connectivity index (χ0n) is 8.59. The van der Waals surface area contributed by atoms with E-state index in [9.17, 15) is 0 Å². The highest BCUT2D eigenvalue weighted by molar-refractivity contribution is 5.68. The van der Waals surface area contributed by atoms with Gasteiger partial charge in [-0.15, -0.1) is 0 Å². The van der Waals surface area contributed by atoms with E-state index in [1.807, 2.05) is 6.07 Å². The van der Waals surface area contributed by atoms with E-state index in [0.29, 0.717) is 0 Å². The Balaban J connectivity index is 2.20.